The van der Waals surface area contributed by atoms with E-state index in [9.17, 15) is 4.79 Å². The van der Waals surface area contributed by atoms with E-state index in [4.69, 9.17) is 10.5 Å². The van der Waals surface area contributed by atoms with Crippen LogP contribution >= 0.6 is 0 Å². The van der Waals surface area contributed by atoms with E-state index in [1.807, 2.05) is 24.3 Å². The van der Waals surface area contributed by atoms with Gasteiger partial charge in [-0.2, -0.15) is 0 Å². The van der Waals surface area contributed by atoms with Crippen LogP contribution in [0.25, 0.3) is 0 Å². The molecule has 2 N–H and O–H groups in total. The van der Waals surface area contributed by atoms with Crippen molar-refractivity contribution in [3.63, 3.8) is 0 Å². The number of carbonyl (C=O) groups excluding carboxylic acids is 1. The summed E-state index contributed by atoms with van der Waals surface area (Å²) in [5, 5.41) is 0. The second-order valence-electron chi connectivity index (χ2n) is 5.06. The van der Waals surface area contributed by atoms with E-state index < -0.39 is 0 Å². The van der Waals surface area contributed by atoms with Gasteiger partial charge in [-0.15, -0.1) is 0 Å². The molecule has 3 nitrogen and oxygen atoms in total. The lowest BCUT2D eigenvalue weighted by Crippen LogP contribution is -2.06. The third-order valence-electron chi connectivity index (χ3n) is 3.34. The van der Waals surface area contributed by atoms with Crippen molar-refractivity contribution in [3.8, 4) is 5.75 Å². The van der Waals surface area contributed by atoms with Gasteiger partial charge in [-0.3, -0.25) is 4.79 Å². The van der Waals surface area contributed by atoms with Crippen LogP contribution in [0.4, 0.5) is 5.69 Å². The van der Waals surface area contributed by atoms with Crippen molar-refractivity contribution in [2.24, 2.45) is 0 Å². The predicted molar refractivity (Wildman–Crippen MR) is 81.4 cm³/mol. The van der Waals surface area contributed by atoms with Gasteiger partial charge in [0.15, 0.2) is 5.78 Å². The Bertz CT molecular complexity index is 615. The van der Waals surface area contributed by atoms with Gasteiger partial charge in [0.1, 0.15) is 5.75 Å². The lowest BCUT2D eigenvalue weighted by atomic mass is 9.97. The fraction of sp³-hybridized carbons (Fsp3) is 0.235. The molecule has 0 saturated heterocycles. The van der Waals surface area contributed by atoms with Crippen LogP contribution < -0.4 is 10.5 Å². The molecule has 0 fully saturated rings. The number of nitrogens with two attached hydrogens (primary N) is 1. The van der Waals surface area contributed by atoms with Crippen LogP contribution in [-0.4, -0.2) is 12.9 Å². The van der Waals surface area contributed by atoms with Crippen LogP contribution in [0.5, 0.6) is 5.75 Å². The molecule has 0 spiro atoms. The largest absolute Gasteiger partial charge is 0.497 e. The molecule has 2 aromatic carbocycles. The molecule has 0 radical (unpaired) electrons. The summed E-state index contributed by atoms with van der Waals surface area (Å²) in [6.07, 6.45) is 0. The topological polar surface area (TPSA) is 52.3 Å². The van der Waals surface area contributed by atoms with Gasteiger partial charge in [-0.05, 0) is 23.6 Å². The molecule has 0 unspecified atom stereocenters. The molecule has 0 atom stereocenters. The highest BCUT2D eigenvalue weighted by atomic mass is 16.5. The van der Waals surface area contributed by atoms with Crippen molar-refractivity contribution in [2.75, 3.05) is 12.8 Å². The Morgan fingerprint density at radius 1 is 1.10 bits per heavy atom. The van der Waals surface area contributed by atoms with Gasteiger partial charge in [0.05, 0.1) is 7.11 Å². The number of ether oxygens (including phenoxy) is 1. The maximum absolute atomic E-state index is 12.4. The molecular formula is C17H19NO2. The Hall–Kier alpha value is -2.29. The molecule has 0 saturated carbocycles. The lowest BCUT2D eigenvalue weighted by Gasteiger charge is -2.09. The summed E-state index contributed by atoms with van der Waals surface area (Å²) in [6.45, 7) is 4.25. The van der Waals surface area contributed by atoms with Crippen LogP contribution in [0, 0.1) is 0 Å². The summed E-state index contributed by atoms with van der Waals surface area (Å²) in [6, 6.07) is 12.8. The third-order valence-corrected chi connectivity index (χ3v) is 3.34. The van der Waals surface area contributed by atoms with E-state index in [2.05, 4.69) is 13.8 Å². The first-order valence-electron chi connectivity index (χ1n) is 6.61. The number of carbonyl (C=O) groups is 1. The average molecular weight is 269 g/mol. The Morgan fingerprint density at radius 3 is 2.25 bits per heavy atom. The molecule has 104 valence electrons. The van der Waals surface area contributed by atoms with Crippen molar-refractivity contribution >= 4 is 11.5 Å². The summed E-state index contributed by atoms with van der Waals surface area (Å²) in [4.78, 5) is 12.4. The zero-order chi connectivity index (χ0) is 14.7. The zero-order valence-electron chi connectivity index (χ0n) is 12.0. The number of ketones is 1. The fourth-order valence-corrected chi connectivity index (χ4v) is 2.05. The maximum atomic E-state index is 12.4. The van der Waals surface area contributed by atoms with Crippen LogP contribution in [0.15, 0.2) is 42.5 Å². The van der Waals surface area contributed by atoms with Gasteiger partial charge in [-0.25, -0.2) is 0 Å². The van der Waals surface area contributed by atoms with Crippen molar-refractivity contribution in [1.29, 1.82) is 0 Å². The Labute approximate surface area is 119 Å². The number of methoxy groups -OCH3 is 1. The highest BCUT2D eigenvalue weighted by Crippen LogP contribution is 2.23. The molecule has 0 aromatic heterocycles. The standard InChI is InChI=1S/C17H19NO2/c1-11(2)12-4-6-13(7-5-12)17(19)15-9-8-14(20-3)10-16(15)18/h4-11H,18H2,1-3H3. The van der Waals surface area contributed by atoms with E-state index >= 15 is 0 Å². The number of hydrogen-bond donors (Lipinski definition) is 1. The minimum Gasteiger partial charge on any atom is -0.497 e. The summed E-state index contributed by atoms with van der Waals surface area (Å²) in [5.74, 6) is 1.03. The molecule has 0 amide bonds. The molecule has 2 rings (SSSR count). The van der Waals surface area contributed by atoms with Gasteiger partial charge in [-0.1, -0.05) is 38.1 Å². The number of nitrogen functional groups attached to an aromatic ring is 1. The van der Waals surface area contributed by atoms with Crippen molar-refractivity contribution in [2.45, 2.75) is 19.8 Å². The summed E-state index contributed by atoms with van der Waals surface area (Å²) in [7, 11) is 1.57. The highest BCUT2D eigenvalue weighted by Gasteiger charge is 2.13. The highest BCUT2D eigenvalue weighted by molar-refractivity contribution is 6.12. The van der Waals surface area contributed by atoms with E-state index in [0.29, 0.717) is 28.5 Å². The SMILES string of the molecule is COc1ccc(C(=O)c2ccc(C(C)C)cc2)c(N)c1. The molecule has 0 aliphatic rings. The van der Waals surface area contributed by atoms with E-state index in [-0.39, 0.29) is 5.78 Å². The van der Waals surface area contributed by atoms with Gasteiger partial charge in [0.2, 0.25) is 0 Å². The Kier molecular flexibility index (Phi) is 4.08. The van der Waals surface area contributed by atoms with Crippen molar-refractivity contribution in [3.05, 3.63) is 59.2 Å². The van der Waals surface area contributed by atoms with Gasteiger partial charge < -0.3 is 10.5 Å². The molecule has 20 heavy (non-hydrogen) atoms. The van der Waals surface area contributed by atoms with Crippen molar-refractivity contribution in [1.82, 2.24) is 0 Å². The van der Waals surface area contributed by atoms with Gasteiger partial charge in [0, 0.05) is 22.9 Å². The monoisotopic (exact) mass is 269 g/mol. The van der Waals surface area contributed by atoms with Gasteiger partial charge in [0.25, 0.3) is 0 Å². The van der Waals surface area contributed by atoms with E-state index in [1.54, 1.807) is 25.3 Å². The molecule has 0 aliphatic heterocycles. The molecular weight excluding hydrogens is 250 g/mol. The lowest BCUT2D eigenvalue weighted by molar-refractivity contribution is 0.103. The smallest absolute Gasteiger partial charge is 0.195 e. The maximum Gasteiger partial charge on any atom is 0.195 e. The summed E-state index contributed by atoms with van der Waals surface area (Å²) >= 11 is 0. The Balaban J connectivity index is 2.31. The summed E-state index contributed by atoms with van der Waals surface area (Å²) < 4.78 is 5.09. The first-order valence-corrected chi connectivity index (χ1v) is 6.61. The number of hydrogen-bond acceptors (Lipinski definition) is 3. The van der Waals surface area contributed by atoms with Crippen LogP contribution in [0.2, 0.25) is 0 Å². The van der Waals surface area contributed by atoms with E-state index in [1.165, 1.54) is 5.56 Å². The second-order valence-corrected chi connectivity index (χ2v) is 5.06. The third kappa shape index (κ3) is 2.82. The summed E-state index contributed by atoms with van der Waals surface area (Å²) in [5.41, 5.74) is 8.70. The zero-order valence-corrected chi connectivity index (χ0v) is 12.0. The fourth-order valence-electron chi connectivity index (χ4n) is 2.05. The van der Waals surface area contributed by atoms with Crippen LogP contribution in [0.3, 0.4) is 0 Å². The number of rotatable bonds is 4. The van der Waals surface area contributed by atoms with E-state index in [0.717, 1.165) is 0 Å². The quantitative estimate of drug-likeness (QED) is 0.681. The van der Waals surface area contributed by atoms with Crippen LogP contribution in [0.1, 0.15) is 41.3 Å². The minimum absolute atomic E-state index is 0.0690. The molecule has 0 bridgehead atoms. The predicted octanol–water partition coefficient (Wildman–Crippen LogP) is 3.63. The first-order chi connectivity index (χ1) is 9.52. The van der Waals surface area contributed by atoms with Gasteiger partial charge >= 0.3 is 0 Å². The average Bonchev–Trinajstić information content (AvgIpc) is 2.46. The molecule has 0 aliphatic carbocycles. The van der Waals surface area contributed by atoms with Crippen LogP contribution in [-0.2, 0) is 0 Å². The minimum atomic E-state index is -0.0690. The van der Waals surface area contributed by atoms with Crippen molar-refractivity contribution < 1.29 is 9.53 Å². The normalized spacial score (nSPS) is 10.6. The number of benzene rings is 2. The molecule has 2 aromatic rings. The molecule has 3 heteroatoms. The number of anilines is 1. The second kappa shape index (κ2) is 5.78. The molecule has 0 heterocycles. The first kappa shape index (κ1) is 14.1. The Morgan fingerprint density at radius 2 is 1.75 bits per heavy atom.